The molecule has 0 unspecified atom stereocenters. The summed E-state index contributed by atoms with van der Waals surface area (Å²) < 4.78 is 0. The maximum absolute atomic E-state index is 13.1. The zero-order chi connectivity index (χ0) is 21.8. The van der Waals surface area contributed by atoms with Crippen LogP contribution in [0.4, 0.5) is 0 Å². The molecular formula is C25H38O4. The predicted octanol–water partition coefficient (Wildman–Crippen LogP) is 5.19. The standard InChI is InChI=1S/C25H38O4/c1-16-7-6-8-17(2)13-14-25(5)20(11-10-18(3)21(27)12-9-16)22(19(4)15-26)23(28)24(25)29/h7,10,13,19-21,26-28H,6,8-9,11-12,14-15H2,1-5H3/b16-7+,17-13+,18-10+/t19-,20+,21+,25-/m1/s1. The molecule has 0 saturated carbocycles. The van der Waals surface area contributed by atoms with Gasteiger partial charge in [-0.15, -0.1) is 0 Å². The lowest BCUT2D eigenvalue weighted by Gasteiger charge is -2.32. The number of hydrogen-bond acceptors (Lipinski definition) is 4. The van der Waals surface area contributed by atoms with Gasteiger partial charge in [0.1, 0.15) is 0 Å². The summed E-state index contributed by atoms with van der Waals surface area (Å²) in [6.07, 6.45) is 10.4. The van der Waals surface area contributed by atoms with Gasteiger partial charge >= 0.3 is 0 Å². The van der Waals surface area contributed by atoms with Crippen molar-refractivity contribution in [2.45, 2.75) is 79.2 Å². The molecule has 0 spiro atoms. The fraction of sp³-hybridized carbons (Fsp3) is 0.640. The second kappa shape index (κ2) is 9.90. The number of carbonyl (C=O) groups is 1. The molecule has 0 aliphatic heterocycles. The zero-order valence-corrected chi connectivity index (χ0v) is 18.7. The molecule has 2 aliphatic rings. The molecule has 3 N–H and O–H groups in total. The van der Waals surface area contributed by atoms with Crippen molar-refractivity contribution in [3.05, 3.63) is 46.3 Å². The van der Waals surface area contributed by atoms with Gasteiger partial charge in [-0.05, 0) is 70.4 Å². The number of rotatable bonds is 2. The second-order valence-corrected chi connectivity index (χ2v) is 9.27. The van der Waals surface area contributed by atoms with Crippen LogP contribution in [0.15, 0.2) is 46.3 Å². The van der Waals surface area contributed by atoms with Crippen molar-refractivity contribution in [1.29, 1.82) is 0 Å². The van der Waals surface area contributed by atoms with E-state index in [0.29, 0.717) is 24.8 Å². The molecular weight excluding hydrogens is 364 g/mol. The van der Waals surface area contributed by atoms with Crippen LogP contribution < -0.4 is 0 Å². The Kier molecular flexibility index (Phi) is 8.07. The quantitative estimate of drug-likeness (QED) is 0.556. The van der Waals surface area contributed by atoms with Gasteiger partial charge in [-0.1, -0.05) is 43.2 Å². The number of carbonyl (C=O) groups excluding carboxylic acids is 1. The smallest absolute Gasteiger partial charge is 0.203 e. The monoisotopic (exact) mass is 402 g/mol. The molecule has 4 heteroatoms. The Morgan fingerprint density at radius 1 is 1.14 bits per heavy atom. The third kappa shape index (κ3) is 5.29. The van der Waals surface area contributed by atoms with Crippen molar-refractivity contribution in [3.63, 3.8) is 0 Å². The Hall–Kier alpha value is -1.65. The SMILES string of the molecule is C/C1=C\C[C@@]2(C)C(=O)C(O)=C([C@H](C)CO)[C@@H]2C/C=C(\C)[C@@H](O)CC/C(C)=C/CC1. The van der Waals surface area contributed by atoms with E-state index in [1.54, 1.807) is 0 Å². The molecule has 29 heavy (non-hydrogen) atoms. The Balaban J connectivity index is 2.46. The minimum Gasteiger partial charge on any atom is -0.504 e. The molecule has 0 aromatic rings. The number of Topliss-reactive ketones (excluding diaryl/α,β-unsaturated/α-hetero) is 1. The van der Waals surface area contributed by atoms with Gasteiger partial charge in [0.2, 0.25) is 5.78 Å². The molecule has 0 radical (unpaired) electrons. The highest BCUT2D eigenvalue weighted by Gasteiger charge is 2.51. The lowest BCUT2D eigenvalue weighted by Crippen LogP contribution is -2.32. The minimum atomic E-state index is -0.738. The highest BCUT2D eigenvalue weighted by Crippen LogP contribution is 2.50. The van der Waals surface area contributed by atoms with Crippen LogP contribution in [0.5, 0.6) is 0 Å². The van der Waals surface area contributed by atoms with Crippen molar-refractivity contribution in [2.75, 3.05) is 6.61 Å². The average Bonchev–Trinajstić information content (AvgIpc) is 2.88. The van der Waals surface area contributed by atoms with Crippen LogP contribution in [0.25, 0.3) is 0 Å². The Bertz CT molecular complexity index is 740. The molecule has 0 aromatic heterocycles. The first-order valence-electron chi connectivity index (χ1n) is 10.9. The van der Waals surface area contributed by atoms with Crippen LogP contribution in [0.3, 0.4) is 0 Å². The average molecular weight is 403 g/mol. The van der Waals surface area contributed by atoms with E-state index in [4.69, 9.17) is 0 Å². The van der Waals surface area contributed by atoms with E-state index in [0.717, 1.165) is 24.8 Å². The number of fused-ring (bicyclic) bond motifs is 1. The summed E-state index contributed by atoms with van der Waals surface area (Å²) in [6.45, 7) is 9.81. The maximum Gasteiger partial charge on any atom is 0.203 e. The fourth-order valence-corrected chi connectivity index (χ4v) is 4.53. The lowest BCUT2D eigenvalue weighted by atomic mass is 9.70. The van der Waals surface area contributed by atoms with Crippen LogP contribution in [-0.4, -0.2) is 33.8 Å². The van der Waals surface area contributed by atoms with Gasteiger partial charge in [-0.3, -0.25) is 4.79 Å². The number of aliphatic hydroxyl groups is 3. The van der Waals surface area contributed by atoms with Crippen LogP contribution in [0.2, 0.25) is 0 Å². The Morgan fingerprint density at radius 2 is 1.79 bits per heavy atom. The minimum absolute atomic E-state index is 0.107. The van der Waals surface area contributed by atoms with Crippen LogP contribution in [0, 0.1) is 17.3 Å². The summed E-state index contributed by atoms with van der Waals surface area (Å²) >= 11 is 0. The molecule has 0 aromatic carbocycles. The second-order valence-electron chi connectivity index (χ2n) is 9.27. The number of hydrogen-bond donors (Lipinski definition) is 3. The van der Waals surface area contributed by atoms with Gasteiger partial charge in [-0.2, -0.15) is 0 Å². The van der Waals surface area contributed by atoms with Gasteiger partial charge in [0, 0.05) is 23.9 Å². The zero-order valence-electron chi connectivity index (χ0n) is 18.7. The molecule has 0 heterocycles. The fourth-order valence-electron chi connectivity index (χ4n) is 4.53. The van der Waals surface area contributed by atoms with Crippen LogP contribution >= 0.6 is 0 Å². The van der Waals surface area contributed by atoms with Gasteiger partial charge in [0.25, 0.3) is 0 Å². The van der Waals surface area contributed by atoms with E-state index in [2.05, 4.69) is 26.0 Å². The van der Waals surface area contributed by atoms with Crippen LogP contribution in [0.1, 0.15) is 73.1 Å². The molecule has 2 rings (SSSR count). The lowest BCUT2D eigenvalue weighted by molar-refractivity contribution is -0.126. The van der Waals surface area contributed by atoms with Gasteiger partial charge < -0.3 is 15.3 Å². The van der Waals surface area contributed by atoms with E-state index in [1.807, 2.05) is 26.8 Å². The third-order valence-electron chi connectivity index (χ3n) is 6.88. The van der Waals surface area contributed by atoms with Crippen LogP contribution in [-0.2, 0) is 4.79 Å². The van der Waals surface area contributed by atoms with E-state index >= 15 is 0 Å². The Morgan fingerprint density at radius 3 is 2.45 bits per heavy atom. The number of allylic oxidation sites excluding steroid dienone is 6. The maximum atomic E-state index is 13.1. The Labute approximate surface area is 175 Å². The van der Waals surface area contributed by atoms with Crippen molar-refractivity contribution >= 4 is 5.78 Å². The van der Waals surface area contributed by atoms with Crippen molar-refractivity contribution in [1.82, 2.24) is 0 Å². The molecule has 4 nitrogen and oxygen atoms in total. The van der Waals surface area contributed by atoms with E-state index in [9.17, 15) is 20.1 Å². The summed E-state index contributed by atoms with van der Waals surface area (Å²) in [5.74, 6) is -0.860. The summed E-state index contributed by atoms with van der Waals surface area (Å²) in [4.78, 5) is 13.1. The third-order valence-corrected chi connectivity index (χ3v) is 6.88. The molecule has 0 fully saturated rings. The summed E-state index contributed by atoms with van der Waals surface area (Å²) in [5, 5.41) is 30.9. The summed E-state index contributed by atoms with van der Waals surface area (Å²) in [6, 6.07) is 0. The molecule has 2 aliphatic carbocycles. The van der Waals surface area contributed by atoms with Crippen molar-refractivity contribution < 1.29 is 20.1 Å². The van der Waals surface area contributed by atoms with Gasteiger partial charge in [0.05, 0.1) is 6.10 Å². The van der Waals surface area contributed by atoms with Crippen molar-refractivity contribution in [3.8, 4) is 0 Å². The van der Waals surface area contributed by atoms with Gasteiger partial charge in [-0.25, -0.2) is 0 Å². The van der Waals surface area contributed by atoms with E-state index in [-0.39, 0.29) is 30.0 Å². The van der Waals surface area contributed by atoms with E-state index < -0.39 is 11.5 Å². The largest absolute Gasteiger partial charge is 0.504 e. The summed E-state index contributed by atoms with van der Waals surface area (Å²) in [7, 11) is 0. The number of aliphatic hydroxyl groups excluding tert-OH is 3. The first-order valence-corrected chi connectivity index (χ1v) is 10.9. The first-order chi connectivity index (χ1) is 13.6. The first kappa shape index (κ1) is 23.6. The summed E-state index contributed by atoms with van der Waals surface area (Å²) in [5.41, 5.74) is 3.36. The van der Waals surface area contributed by atoms with E-state index in [1.165, 1.54) is 11.1 Å². The number of ketones is 1. The normalized spacial score (nSPS) is 36.7. The highest BCUT2D eigenvalue weighted by molar-refractivity contribution is 6.02. The molecule has 4 atom stereocenters. The topological polar surface area (TPSA) is 77.8 Å². The highest BCUT2D eigenvalue weighted by atomic mass is 16.3. The predicted molar refractivity (Wildman–Crippen MR) is 117 cm³/mol. The van der Waals surface area contributed by atoms with Crippen molar-refractivity contribution in [2.24, 2.45) is 17.3 Å². The van der Waals surface area contributed by atoms with Gasteiger partial charge in [0.15, 0.2) is 5.76 Å². The molecule has 162 valence electrons. The molecule has 0 bridgehead atoms. The molecule has 0 saturated heterocycles. The molecule has 0 amide bonds.